The number of carbonyl (C=O) groups excluding carboxylic acids is 2. The Morgan fingerprint density at radius 2 is 1.62 bits per heavy atom. The topological polar surface area (TPSA) is 113 Å². The van der Waals surface area contributed by atoms with Gasteiger partial charge in [-0.1, -0.05) is 69.4 Å². The number of hydrogen-bond donors (Lipinski definition) is 3. The lowest BCUT2D eigenvalue weighted by Gasteiger charge is -2.72. The molecule has 2 heterocycles. The number of aliphatic hydroxyl groups is 3. The van der Waals surface area contributed by atoms with E-state index in [4.69, 9.17) is 9.47 Å². The van der Waals surface area contributed by atoms with Gasteiger partial charge in [-0.15, -0.1) is 5.92 Å². The number of aryl methyl sites for hydroxylation is 1. The van der Waals surface area contributed by atoms with E-state index in [1.165, 1.54) is 69.4 Å². The fourth-order valence-corrected chi connectivity index (χ4v) is 15.0. The molecule has 0 radical (unpaired) electrons. The summed E-state index contributed by atoms with van der Waals surface area (Å²) in [7, 11) is 0. The highest BCUT2D eigenvalue weighted by molar-refractivity contribution is 5.85. The highest BCUT2D eigenvalue weighted by Crippen LogP contribution is 2.73. The van der Waals surface area contributed by atoms with Crippen LogP contribution in [0.1, 0.15) is 168 Å². The van der Waals surface area contributed by atoms with Crippen LogP contribution in [0.15, 0.2) is 42.0 Å². The summed E-state index contributed by atoms with van der Waals surface area (Å²) in [6.07, 6.45) is 19.9. The first-order chi connectivity index (χ1) is 27.8. The lowest BCUT2D eigenvalue weighted by Crippen LogP contribution is -2.79. The van der Waals surface area contributed by atoms with Gasteiger partial charge in [-0.3, -0.25) is 4.79 Å². The summed E-state index contributed by atoms with van der Waals surface area (Å²) in [4.78, 5) is 25.9. The van der Waals surface area contributed by atoms with Gasteiger partial charge in [0.15, 0.2) is 0 Å². The maximum Gasteiger partial charge on any atom is 0.331 e. The lowest BCUT2D eigenvalue weighted by molar-refractivity contribution is -0.339. The van der Waals surface area contributed by atoms with E-state index < -0.39 is 46.1 Å². The monoisotopic (exact) mass is 797 g/mol. The molecule has 5 saturated carbocycles. The van der Waals surface area contributed by atoms with Gasteiger partial charge in [-0.2, -0.15) is 0 Å². The second kappa shape index (κ2) is 16.3. The van der Waals surface area contributed by atoms with Crippen LogP contribution in [0.3, 0.4) is 0 Å². The standard InChI is InChI=1S/C51H72O7/c1-36(12-11-15-37-13-5-4-6-14-37)17-18-41(52)51-42(53)22-26-47(3,39-20-27-49(28-21-39)31-30-48(35-49)24-9-10-25-48)45(51)40-33-46(2,23-8-7-16-43(54)58-40)50(51,56)29-19-38-32-44(55)57-34-38/h4-6,13-14,32,36,39-42,45,52-53,56H,7,9-12,15-22,24-31,33-35H2,1-3H3. The minimum Gasteiger partial charge on any atom is -0.462 e. The number of ether oxygens (including phenoxy) is 2. The molecule has 9 atom stereocenters. The summed E-state index contributed by atoms with van der Waals surface area (Å²) in [5, 5.41) is 40.2. The minimum atomic E-state index is -1.66. The Kier molecular flexibility index (Phi) is 11.8. The molecule has 1 aromatic rings. The van der Waals surface area contributed by atoms with Crippen LogP contribution in [0.4, 0.5) is 0 Å². The van der Waals surface area contributed by atoms with Gasteiger partial charge >= 0.3 is 11.9 Å². The predicted molar refractivity (Wildman–Crippen MR) is 225 cm³/mol. The molecule has 5 aliphatic carbocycles. The molecular formula is C51H72O7. The zero-order valence-corrected chi connectivity index (χ0v) is 35.9. The van der Waals surface area contributed by atoms with E-state index in [-0.39, 0.29) is 31.4 Å². The molecule has 318 valence electrons. The first-order valence-corrected chi connectivity index (χ1v) is 23.4. The molecule has 5 fully saturated rings. The van der Waals surface area contributed by atoms with Crippen LogP contribution < -0.4 is 0 Å². The van der Waals surface area contributed by atoms with Crippen molar-refractivity contribution in [2.75, 3.05) is 6.61 Å². The predicted octanol–water partition coefficient (Wildman–Crippen LogP) is 9.58. The van der Waals surface area contributed by atoms with Gasteiger partial charge < -0.3 is 24.8 Å². The first kappa shape index (κ1) is 42.0. The molecule has 2 aliphatic heterocycles. The third-order valence-electron chi connectivity index (χ3n) is 18.0. The summed E-state index contributed by atoms with van der Waals surface area (Å²) in [6.45, 7) is 6.79. The van der Waals surface area contributed by atoms with E-state index >= 15 is 0 Å². The van der Waals surface area contributed by atoms with Crippen molar-refractivity contribution < 1.29 is 34.4 Å². The van der Waals surface area contributed by atoms with Crippen LogP contribution in [0.25, 0.3) is 0 Å². The van der Waals surface area contributed by atoms with Crippen LogP contribution in [0, 0.1) is 56.7 Å². The quantitative estimate of drug-likeness (QED) is 0.143. The van der Waals surface area contributed by atoms with Crippen molar-refractivity contribution in [3.63, 3.8) is 0 Å². The highest BCUT2D eigenvalue weighted by atomic mass is 16.5. The molecule has 8 rings (SSSR count). The third-order valence-corrected chi connectivity index (χ3v) is 18.0. The van der Waals surface area contributed by atoms with Crippen LogP contribution >= 0.6 is 0 Å². The van der Waals surface area contributed by atoms with Crippen molar-refractivity contribution in [2.24, 2.45) is 44.8 Å². The second-order valence-electron chi connectivity index (χ2n) is 21.3. The Bertz CT molecular complexity index is 1740. The van der Waals surface area contributed by atoms with Crippen LogP contribution in [-0.2, 0) is 25.5 Å². The Hall–Kier alpha value is -2.66. The van der Waals surface area contributed by atoms with Crippen molar-refractivity contribution in [3.8, 4) is 11.8 Å². The summed E-state index contributed by atoms with van der Waals surface area (Å²) in [5.74, 6) is 6.27. The summed E-state index contributed by atoms with van der Waals surface area (Å²) < 4.78 is 11.9. The smallest absolute Gasteiger partial charge is 0.331 e. The van der Waals surface area contributed by atoms with Gasteiger partial charge in [-0.05, 0) is 155 Å². The molecule has 0 saturated heterocycles. The number of fused-ring (bicyclic) bond motifs is 4. The molecule has 9 unspecified atom stereocenters. The maximum absolute atomic E-state index is 14.1. The van der Waals surface area contributed by atoms with Gasteiger partial charge in [0.2, 0.25) is 0 Å². The molecule has 7 aliphatic rings. The number of aliphatic hydroxyl groups excluding tert-OH is 2. The van der Waals surface area contributed by atoms with Gasteiger partial charge in [0.1, 0.15) is 12.7 Å². The van der Waals surface area contributed by atoms with Crippen molar-refractivity contribution >= 4 is 11.9 Å². The Morgan fingerprint density at radius 1 is 0.897 bits per heavy atom. The molecule has 0 amide bonds. The van der Waals surface area contributed by atoms with Crippen molar-refractivity contribution in [2.45, 2.75) is 192 Å². The Labute approximate surface area is 348 Å². The zero-order chi connectivity index (χ0) is 40.8. The van der Waals surface area contributed by atoms with E-state index in [1.807, 2.05) is 13.0 Å². The summed E-state index contributed by atoms with van der Waals surface area (Å²) >= 11 is 0. The molecule has 7 heteroatoms. The van der Waals surface area contributed by atoms with E-state index in [0.717, 1.165) is 50.5 Å². The van der Waals surface area contributed by atoms with Crippen LogP contribution in [0.5, 0.6) is 0 Å². The number of rotatable bonds is 12. The van der Waals surface area contributed by atoms with E-state index in [9.17, 15) is 24.9 Å². The molecule has 0 aromatic heterocycles. The Balaban J connectivity index is 1.16. The number of esters is 2. The average molecular weight is 797 g/mol. The van der Waals surface area contributed by atoms with Gasteiger partial charge in [0, 0.05) is 24.8 Å². The largest absolute Gasteiger partial charge is 0.462 e. The third kappa shape index (κ3) is 7.42. The molecular weight excluding hydrogens is 725 g/mol. The SMILES string of the molecule is CC(CCCc1ccccc1)CCC(O)C12C(O)CCC(C)(C3CCC4(CC3)CCC3(CCCC3)C4)C1C1CC(C)(C#CCCC(=O)O1)C2(O)CCC1=CC(=O)OC1. The Morgan fingerprint density at radius 3 is 2.33 bits per heavy atom. The molecule has 1 aromatic carbocycles. The number of benzene rings is 1. The van der Waals surface area contributed by atoms with Crippen LogP contribution in [0.2, 0.25) is 0 Å². The van der Waals surface area contributed by atoms with Crippen molar-refractivity contribution in [1.82, 2.24) is 0 Å². The summed E-state index contributed by atoms with van der Waals surface area (Å²) in [5.41, 5.74) is -1.48. The molecule has 58 heavy (non-hydrogen) atoms. The fraction of sp³-hybridized carbons (Fsp3) is 0.765. The zero-order valence-electron chi connectivity index (χ0n) is 35.9. The van der Waals surface area contributed by atoms with E-state index in [1.54, 1.807) is 0 Å². The molecule has 7 nitrogen and oxygen atoms in total. The summed E-state index contributed by atoms with van der Waals surface area (Å²) in [6, 6.07) is 10.6. The maximum atomic E-state index is 14.1. The van der Waals surface area contributed by atoms with E-state index in [2.05, 4.69) is 50.0 Å². The fourth-order valence-electron chi connectivity index (χ4n) is 15.0. The number of cyclic esters (lactones) is 1. The normalized spacial score (nSPS) is 40.3. The average Bonchev–Trinajstić information content (AvgIpc) is 3.95. The number of carbonyl (C=O) groups is 2. The first-order valence-electron chi connectivity index (χ1n) is 23.4. The van der Waals surface area contributed by atoms with Crippen LogP contribution in [-0.4, -0.2) is 57.8 Å². The van der Waals surface area contributed by atoms with E-state index in [0.29, 0.717) is 54.8 Å². The highest BCUT2D eigenvalue weighted by Gasteiger charge is 2.78. The molecule has 2 spiro atoms. The van der Waals surface area contributed by atoms with Gasteiger partial charge in [-0.25, -0.2) is 4.79 Å². The van der Waals surface area contributed by atoms with Gasteiger partial charge in [0.05, 0.1) is 35.1 Å². The number of hydrogen-bond acceptors (Lipinski definition) is 7. The minimum absolute atomic E-state index is 0.181. The lowest BCUT2D eigenvalue weighted by atomic mass is 9.35. The van der Waals surface area contributed by atoms with Crippen molar-refractivity contribution in [1.29, 1.82) is 0 Å². The second-order valence-corrected chi connectivity index (χ2v) is 21.3. The molecule has 2 bridgehead atoms. The van der Waals surface area contributed by atoms with Crippen molar-refractivity contribution in [3.05, 3.63) is 47.5 Å². The molecule has 3 N–H and O–H groups in total. The van der Waals surface area contributed by atoms with Gasteiger partial charge in [0.25, 0.3) is 0 Å².